The standard InChI is InChI=1S/C30H33N3O2/c1-21-9-8-10-25(17-21)33-20-24(19-29(33)34)30-31-26-11-4-5-12-27(26)32(30)15-6-7-16-35-28-18-22(2)13-14-23(28)3/h4-5,8-14,17-18,24H,6-7,15-16,19-20H2,1-3H3. The number of rotatable bonds is 8. The first-order valence-electron chi connectivity index (χ1n) is 12.5. The fourth-order valence-electron chi connectivity index (χ4n) is 4.98. The molecule has 0 aliphatic carbocycles. The van der Waals surface area contributed by atoms with Gasteiger partial charge in [-0.05, 0) is 80.6 Å². The fraction of sp³-hybridized carbons (Fsp3) is 0.333. The Balaban J connectivity index is 1.30. The number of hydrogen-bond donors (Lipinski definition) is 0. The van der Waals surface area contributed by atoms with E-state index < -0.39 is 0 Å². The van der Waals surface area contributed by atoms with Crippen molar-refractivity contribution in [1.29, 1.82) is 0 Å². The van der Waals surface area contributed by atoms with Crippen molar-refractivity contribution < 1.29 is 9.53 Å². The Hall–Kier alpha value is -3.60. The van der Waals surface area contributed by atoms with E-state index in [-0.39, 0.29) is 11.8 Å². The van der Waals surface area contributed by atoms with Crippen LogP contribution in [0.5, 0.6) is 5.75 Å². The molecular weight excluding hydrogens is 434 g/mol. The van der Waals surface area contributed by atoms with Crippen LogP contribution in [0.15, 0.2) is 66.7 Å². The summed E-state index contributed by atoms with van der Waals surface area (Å²) in [6.45, 7) is 8.45. The highest BCUT2D eigenvalue weighted by molar-refractivity contribution is 5.96. The number of para-hydroxylation sites is 2. The second-order valence-electron chi connectivity index (χ2n) is 9.68. The summed E-state index contributed by atoms with van der Waals surface area (Å²) in [4.78, 5) is 19.9. The molecule has 0 N–H and O–H groups in total. The highest BCUT2D eigenvalue weighted by Crippen LogP contribution is 2.33. The quantitative estimate of drug-likeness (QED) is 0.284. The van der Waals surface area contributed by atoms with Gasteiger partial charge in [0.1, 0.15) is 11.6 Å². The third-order valence-corrected chi connectivity index (χ3v) is 6.86. The third-order valence-electron chi connectivity index (χ3n) is 6.86. The molecule has 180 valence electrons. The number of amides is 1. The molecule has 1 aromatic heterocycles. The van der Waals surface area contributed by atoms with Crippen molar-refractivity contribution in [3.63, 3.8) is 0 Å². The number of aryl methyl sites for hydroxylation is 4. The second kappa shape index (κ2) is 9.95. The molecule has 1 aliphatic rings. The number of unbranched alkanes of at least 4 members (excludes halogenated alkanes) is 1. The molecule has 1 fully saturated rings. The van der Waals surface area contributed by atoms with Crippen LogP contribution < -0.4 is 9.64 Å². The Morgan fingerprint density at radius 2 is 1.77 bits per heavy atom. The van der Waals surface area contributed by atoms with E-state index >= 15 is 0 Å². The number of anilines is 1. The van der Waals surface area contributed by atoms with Gasteiger partial charge in [-0.2, -0.15) is 0 Å². The molecule has 0 saturated carbocycles. The maximum absolute atomic E-state index is 13.0. The molecule has 0 bridgehead atoms. The highest BCUT2D eigenvalue weighted by Gasteiger charge is 2.34. The van der Waals surface area contributed by atoms with Crippen LogP contribution in [0.2, 0.25) is 0 Å². The Kier molecular flexibility index (Phi) is 6.58. The molecule has 1 aliphatic heterocycles. The molecule has 4 aromatic rings. The number of aromatic nitrogens is 2. The van der Waals surface area contributed by atoms with Gasteiger partial charge >= 0.3 is 0 Å². The summed E-state index contributed by atoms with van der Waals surface area (Å²) in [7, 11) is 0. The smallest absolute Gasteiger partial charge is 0.227 e. The minimum atomic E-state index is 0.0848. The molecule has 1 atom stereocenters. The lowest BCUT2D eigenvalue weighted by Crippen LogP contribution is -2.24. The normalized spacial score (nSPS) is 15.8. The van der Waals surface area contributed by atoms with Crippen LogP contribution in [0, 0.1) is 20.8 Å². The van der Waals surface area contributed by atoms with E-state index in [1.165, 1.54) is 11.1 Å². The van der Waals surface area contributed by atoms with Crippen LogP contribution in [0.1, 0.15) is 47.7 Å². The Morgan fingerprint density at radius 1 is 0.943 bits per heavy atom. The summed E-state index contributed by atoms with van der Waals surface area (Å²) in [6.07, 6.45) is 2.44. The Labute approximate surface area is 207 Å². The first-order chi connectivity index (χ1) is 17.0. The molecule has 0 spiro atoms. The number of benzene rings is 3. The van der Waals surface area contributed by atoms with Gasteiger partial charge in [0.2, 0.25) is 5.91 Å². The van der Waals surface area contributed by atoms with Crippen molar-refractivity contribution in [1.82, 2.24) is 9.55 Å². The summed E-state index contributed by atoms with van der Waals surface area (Å²) in [6, 6.07) is 22.8. The largest absolute Gasteiger partial charge is 0.493 e. The van der Waals surface area contributed by atoms with Gasteiger partial charge in [0.05, 0.1) is 17.6 Å². The van der Waals surface area contributed by atoms with Crippen LogP contribution in [-0.2, 0) is 11.3 Å². The van der Waals surface area contributed by atoms with Crippen molar-refractivity contribution in [2.75, 3.05) is 18.1 Å². The lowest BCUT2D eigenvalue weighted by atomic mass is 10.1. The molecule has 35 heavy (non-hydrogen) atoms. The zero-order valence-corrected chi connectivity index (χ0v) is 20.8. The zero-order chi connectivity index (χ0) is 24.4. The predicted octanol–water partition coefficient (Wildman–Crippen LogP) is 6.34. The minimum absolute atomic E-state index is 0.0848. The average molecular weight is 468 g/mol. The van der Waals surface area contributed by atoms with Gasteiger partial charge in [0.15, 0.2) is 0 Å². The molecular formula is C30H33N3O2. The van der Waals surface area contributed by atoms with E-state index in [9.17, 15) is 4.79 Å². The average Bonchev–Trinajstić information content (AvgIpc) is 3.41. The van der Waals surface area contributed by atoms with Crippen molar-refractivity contribution in [3.8, 4) is 5.75 Å². The van der Waals surface area contributed by atoms with Crippen molar-refractivity contribution >= 4 is 22.6 Å². The van der Waals surface area contributed by atoms with Crippen LogP contribution in [-0.4, -0.2) is 28.6 Å². The summed E-state index contributed by atoms with van der Waals surface area (Å²) in [5.74, 6) is 2.24. The number of hydrogen-bond acceptors (Lipinski definition) is 3. The van der Waals surface area contributed by atoms with Crippen LogP contribution in [0.25, 0.3) is 11.0 Å². The number of nitrogens with zero attached hydrogens (tertiary/aromatic N) is 3. The molecule has 2 heterocycles. The van der Waals surface area contributed by atoms with E-state index in [0.29, 0.717) is 19.6 Å². The summed E-state index contributed by atoms with van der Waals surface area (Å²) >= 11 is 0. The summed E-state index contributed by atoms with van der Waals surface area (Å²) in [5.41, 5.74) is 6.65. The predicted molar refractivity (Wildman–Crippen MR) is 141 cm³/mol. The molecule has 1 saturated heterocycles. The molecule has 5 nitrogen and oxygen atoms in total. The lowest BCUT2D eigenvalue weighted by molar-refractivity contribution is -0.117. The van der Waals surface area contributed by atoms with Crippen LogP contribution in [0.3, 0.4) is 0 Å². The first kappa shape index (κ1) is 23.2. The van der Waals surface area contributed by atoms with Gasteiger partial charge in [-0.3, -0.25) is 4.79 Å². The van der Waals surface area contributed by atoms with Gasteiger partial charge in [0, 0.05) is 31.1 Å². The zero-order valence-electron chi connectivity index (χ0n) is 20.8. The molecule has 3 aromatic carbocycles. The molecule has 1 amide bonds. The number of ether oxygens (including phenoxy) is 1. The summed E-state index contributed by atoms with van der Waals surface area (Å²) in [5, 5.41) is 0. The third kappa shape index (κ3) is 4.95. The summed E-state index contributed by atoms with van der Waals surface area (Å²) < 4.78 is 8.39. The molecule has 5 heteroatoms. The monoisotopic (exact) mass is 467 g/mol. The number of imidazole rings is 1. The van der Waals surface area contributed by atoms with E-state index in [2.05, 4.69) is 73.9 Å². The molecule has 1 unspecified atom stereocenters. The van der Waals surface area contributed by atoms with Crippen LogP contribution in [0.4, 0.5) is 5.69 Å². The van der Waals surface area contributed by atoms with Crippen molar-refractivity contribution in [2.45, 2.75) is 52.5 Å². The van der Waals surface area contributed by atoms with E-state index in [0.717, 1.165) is 53.2 Å². The highest BCUT2D eigenvalue weighted by atomic mass is 16.5. The lowest BCUT2D eigenvalue weighted by Gasteiger charge is -2.18. The number of fused-ring (bicyclic) bond motifs is 1. The maximum atomic E-state index is 13.0. The van der Waals surface area contributed by atoms with Gasteiger partial charge in [0.25, 0.3) is 0 Å². The topological polar surface area (TPSA) is 47.4 Å². The Morgan fingerprint density at radius 3 is 2.63 bits per heavy atom. The molecule has 0 radical (unpaired) electrons. The number of carbonyl (C=O) groups excluding carboxylic acids is 1. The SMILES string of the molecule is Cc1cccc(N2CC(c3nc4ccccc4n3CCCCOc3cc(C)ccc3C)CC2=O)c1. The van der Waals surface area contributed by atoms with E-state index in [1.807, 2.05) is 23.1 Å². The Bertz CT molecular complexity index is 1360. The van der Waals surface area contributed by atoms with Crippen LogP contribution >= 0.6 is 0 Å². The second-order valence-corrected chi connectivity index (χ2v) is 9.68. The van der Waals surface area contributed by atoms with E-state index in [1.54, 1.807) is 0 Å². The van der Waals surface area contributed by atoms with Gasteiger partial charge in [-0.25, -0.2) is 4.98 Å². The number of carbonyl (C=O) groups is 1. The fourth-order valence-corrected chi connectivity index (χ4v) is 4.98. The minimum Gasteiger partial charge on any atom is -0.493 e. The van der Waals surface area contributed by atoms with Crippen molar-refractivity contribution in [3.05, 3.63) is 89.2 Å². The van der Waals surface area contributed by atoms with Crippen molar-refractivity contribution in [2.24, 2.45) is 0 Å². The van der Waals surface area contributed by atoms with Gasteiger partial charge in [-0.1, -0.05) is 36.4 Å². The molecule has 5 rings (SSSR count). The van der Waals surface area contributed by atoms with E-state index in [4.69, 9.17) is 9.72 Å². The van der Waals surface area contributed by atoms with Gasteiger partial charge < -0.3 is 14.2 Å². The first-order valence-corrected chi connectivity index (χ1v) is 12.5. The maximum Gasteiger partial charge on any atom is 0.227 e. The van der Waals surface area contributed by atoms with Gasteiger partial charge in [-0.15, -0.1) is 0 Å².